The standard InChI is InChI=1S/C17H25N3O/c1-5-14-11-16(20(3)19-14)12-15(18-2)9-13-7-6-8-17(10-13)21-4/h6-8,10-11,15,18H,5,9,12H2,1-4H3. The Labute approximate surface area is 127 Å². The molecule has 0 aliphatic rings. The van der Waals surface area contributed by atoms with Crippen LogP contribution < -0.4 is 10.1 Å². The van der Waals surface area contributed by atoms with Crippen LogP contribution in [0.3, 0.4) is 0 Å². The molecule has 0 aliphatic heterocycles. The number of hydrogen-bond acceptors (Lipinski definition) is 3. The first-order valence-corrected chi connectivity index (χ1v) is 7.48. The third kappa shape index (κ3) is 4.08. The number of benzene rings is 1. The second-order valence-electron chi connectivity index (χ2n) is 5.35. The maximum Gasteiger partial charge on any atom is 0.119 e. The van der Waals surface area contributed by atoms with Gasteiger partial charge < -0.3 is 10.1 Å². The van der Waals surface area contributed by atoms with Crippen molar-refractivity contribution in [3.05, 3.63) is 47.3 Å². The van der Waals surface area contributed by atoms with Gasteiger partial charge in [0.25, 0.3) is 0 Å². The summed E-state index contributed by atoms with van der Waals surface area (Å²) in [6, 6.07) is 10.9. The topological polar surface area (TPSA) is 39.1 Å². The summed E-state index contributed by atoms with van der Waals surface area (Å²) in [6.45, 7) is 2.14. The number of aromatic nitrogens is 2. The normalized spacial score (nSPS) is 12.4. The Morgan fingerprint density at radius 2 is 2.10 bits per heavy atom. The van der Waals surface area contributed by atoms with Crippen molar-refractivity contribution < 1.29 is 4.74 Å². The molecule has 0 spiro atoms. The van der Waals surface area contributed by atoms with E-state index in [1.165, 1.54) is 11.3 Å². The zero-order valence-electron chi connectivity index (χ0n) is 13.4. The first-order chi connectivity index (χ1) is 10.2. The van der Waals surface area contributed by atoms with E-state index in [2.05, 4.69) is 35.5 Å². The van der Waals surface area contributed by atoms with Crippen LogP contribution in [0.5, 0.6) is 5.75 Å². The molecule has 0 fully saturated rings. The predicted octanol–water partition coefficient (Wildman–Crippen LogP) is 2.36. The zero-order chi connectivity index (χ0) is 15.2. The first kappa shape index (κ1) is 15.6. The van der Waals surface area contributed by atoms with E-state index in [0.717, 1.165) is 30.7 Å². The minimum atomic E-state index is 0.386. The van der Waals surface area contributed by atoms with Crippen molar-refractivity contribution >= 4 is 0 Å². The van der Waals surface area contributed by atoms with Crippen LogP contribution >= 0.6 is 0 Å². The summed E-state index contributed by atoms with van der Waals surface area (Å²) in [7, 11) is 5.74. The van der Waals surface area contributed by atoms with E-state index in [9.17, 15) is 0 Å². The Hall–Kier alpha value is -1.81. The van der Waals surface area contributed by atoms with Gasteiger partial charge >= 0.3 is 0 Å². The van der Waals surface area contributed by atoms with Crippen LogP contribution in [0.15, 0.2) is 30.3 Å². The van der Waals surface area contributed by atoms with Crippen molar-refractivity contribution in [3.63, 3.8) is 0 Å². The van der Waals surface area contributed by atoms with Gasteiger partial charge in [-0.05, 0) is 43.7 Å². The van der Waals surface area contributed by atoms with Gasteiger partial charge in [-0.3, -0.25) is 4.68 Å². The quantitative estimate of drug-likeness (QED) is 0.850. The van der Waals surface area contributed by atoms with E-state index >= 15 is 0 Å². The van der Waals surface area contributed by atoms with Crippen molar-refractivity contribution in [3.8, 4) is 5.75 Å². The van der Waals surface area contributed by atoms with Crippen LogP contribution in [0.1, 0.15) is 23.9 Å². The van der Waals surface area contributed by atoms with Crippen LogP contribution in [-0.2, 0) is 26.3 Å². The second kappa shape index (κ2) is 7.27. The van der Waals surface area contributed by atoms with Gasteiger partial charge in [-0.15, -0.1) is 0 Å². The van der Waals surface area contributed by atoms with Gasteiger partial charge in [0.1, 0.15) is 5.75 Å². The van der Waals surface area contributed by atoms with Gasteiger partial charge in [0, 0.05) is 25.2 Å². The van der Waals surface area contributed by atoms with Gasteiger partial charge in [0.2, 0.25) is 0 Å². The molecule has 0 bridgehead atoms. The van der Waals surface area contributed by atoms with Crippen molar-refractivity contribution in [1.82, 2.24) is 15.1 Å². The molecule has 0 amide bonds. The molecule has 1 unspecified atom stereocenters. The largest absolute Gasteiger partial charge is 0.497 e. The van der Waals surface area contributed by atoms with Gasteiger partial charge in [0.15, 0.2) is 0 Å². The van der Waals surface area contributed by atoms with E-state index in [1.807, 2.05) is 30.9 Å². The van der Waals surface area contributed by atoms with Crippen LogP contribution in [0, 0.1) is 0 Å². The summed E-state index contributed by atoms with van der Waals surface area (Å²) >= 11 is 0. The van der Waals surface area contributed by atoms with Gasteiger partial charge in [-0.1, -0.05) is 19.1 Å². The fourth-order valence-corrected chi connectivity index (χ4v) is 2.55. The highest BCUT2D eigenvalue weighted by Crippen LogP contribution is 2.16. The molecule has 1 aromatic heterocycles. The number of aryl methyl sites for hydroxylation is 2. The lowest BCUT2D eigenvalue weighted by Crippen LogP contribution is -2.30. The molecule has 0 saturated heterocycles. The first-order valence-electron chi connectivity index (χ1n) is 7.48. The van der Waals surface area contributed by atoms with E-state index in [4.69, 9.17) is 4.74 Å². The maximum absolute atomic E-state index is 5.29. The van der Waals surface area contributed by atoms with Crippen molar-refractivity contribution in [1.29, 1.82) is 0 Å². The highest BCUT2D eigenvalue weighted by atomic mass is 16.5. The Balaban J connectivity index is 2.07. The summed E-state index contributed by atoms with van der Waals surface area (Å²) in [4.78, 5) is 0. The number of rotatable bonds is 7. The average Bonchev–Trinajstić information content (AvgIpc) is 2.87. The van der Waals surface area contributed by atoms with Gasteiger partial charge in [-0.2, -0.15) is 5.10 Å². The molecule has 2 aromatic rings. The SMILES string of the molecule is CCc1cc(CC(Cc2cccc(OC)c2)NC)n(C)n1. The third-order valence-electron chi connectivity index (χ3n) is 3.87. The van der Waals surface area contributed by atoms with Crippen LogP contribution in [-0.4, -0.2) is 30.0 Å². The highest BCUT2D eigenvalue weighted by Gasteiger charge is 2.12. The summed E-state index contributed by atoms with van der Waals surface area (Å²) in [5, 5.41) is 7.93. The number of hydrogen-bond donors (Lipinski definition) is 1. The Kier molecular flexibility index (Phi) is 5.39. The van der Waals surface area contributed by atoms with Gasteiger partial charge in [-0.25, -0.2) is 0 Å². The Bertz CT molecular complexity index is 577. The van der Waals surface area contributed by atoms with E-state index < -0.39 is 0 Å². The number of ether oxygens (including phenoxy) is 1. The molecule has 0 aliphatic carbocycles. The molecule has 21 heavy (non-hydrogen) atoms. The fourth-order valence-electron chi connectivity index (χ4n) is 2.55. The molecule has 1 atom stereocenters. The Morgan fingerprint density at radius 3 is 2.71 bits per heavy atom. The summed E-state index contributed by atoms with van der Waals surface area (Å²) in [5.74, 6) is 0.913. The van der Waals surface area contributed by atoms with E-state index in [1.54, 1.807) is 7.11 Å². The Morgan fingerprint density at radius 1 is 1.29 bits per heavy atom. The number of nitrogens with zero attached hydrogens (tertiary/aromatic N) is 2. The molecule has 114 valence electrons. The monoisotopic (exact) mass is 287 g/mol. The molecule has 2 rings (SSSR count). The van der Waals surface area contributed by atoms with E-state index in [-0.39, 0.29) is 0 Å². The molecule has 1 aromatic carbocycles. The maximum atomic E-state index is 5.29. The lowest BCUT2D eigenvalue weighted by molar-refractivity contribution is 0.414. The van der Waals surface area contributed by atoms with Crippen molar-refractivity contribution in [2.45, 2.75) is 32.2 Å². The van der Waals surface area contributed by atoms with Crippen molar-refractivity contribution in [2.24, 2.45) is 7.05 Å². The third-order valence-corrected chi connectivity index (χ3v) is 3.87. The van der Waals surface area contributed by atoms with Crippen LogP contribution in [0.4, 0.5) is 0 Å². The molecule has 1 heterocycles. The molecular weight excluding hydrogens is 262 g/mol. The molecular formula is C17H25N3O. The molecule has 4 nitrogen and oxygen atoms in total. The second-order valence-corrected chi connectivity index (χ2v) is 5.35. The zero-order valence-corrected chi connectivity index (χ0v) is 13.4. The predicted molar refractivity (Wildman–Crippen MR) is 85.8 cm³/mol. The number of likely N-dealkylation sites (N-methyl/N-ethyl adjacent to an activating group) is 1. The molecule has 4 heteroatoms. The average molecular weight is 287 g/mol. The summed E-state index contributed by atoms with van der Waals surface area (Å²) in [5.41, 5.74) is 3.71. The number of nitrogens with one attached hydrogen (secondary N) is 1. The summed E-state index contributed by atoms with van der Waals surface area (Å²) in [6.07, 6.45) is 2.92. The van der Waals surface area contributed by atoms with Gasteiger partial charge in [0.05, 0.1) is 12.8 Å². The minimum absolute atomic E-state index is 0.386. The van der Waals surface area contributed by atoms with Crippen molar-refractivity contribution in [2.75, 3.05) is 14.2 Å². The van der Waals surface area contributed by atoms with Crippen LogP contribution in [0.2, 0.25) is 0 Å². The lowest BCUT2D eigenvalue weighted by Gasteiger charge is -2.16. The molecule has 0 saturated carbocycles. The number of methoxy groups -OCH3 is 1. The fraction of sp³-hybridized carbons (Fsp3) is 0.471. The minimum Gasteiger partial charge on any atom is -0.497 e. The van der Waals surface area contributed by atoms with Crippen LogP contribution in [0.25, 0.3) is 0 Å². The molecule has 1 N–H and O–H groups in total. The van der Waals surface area contributed by atoms with E-state index in [0.29, 0.717) is 6.04 Å². The summed E-state index contributed by atoms with van der Waals surface area (Å²) < 4.78 is 7.29. The molecule has 0 radical (unpaired) electrons. The highest BCUT2D eigenvalue weighted by molar-refractivity contribution is 5.29. The lowest BCUT2D eigenvalue weighted by atomic mass is 10.0. The smallest absolute Gasteiger partial charge is 0.119 e.